The molecule has 2 aliphatic rings. The van der Waals surface area contributed by atoms with Crippen LogP contribution in [-0.2, 0) is 0 Å². The van der Waals surface area contributed by atoms with E-state index < -0.39 is 0 Å². The van der Waals surface area contributed by atoms with Crippen molar-refractivity contribution >= 4 is 72.2 Å². The fourth-order valence-electron chi connectivity index (χ4n) is 14.6. The van der Waals surface area contributed by atoms with Gasteiger partial charge in [0.2, 0.25) is 0 Å². The molecular formula is C73H57BN2. The molecule has 0 amide bonds. The third-order valence-electron chi connectivity index (χ3n) is 17.7. The van der Waals surface area contributed by atoms with E-state index in [0.717, 1.165) is 0 Å². The van der Waals surface area contributed by atoms with E-state index in [4.69, 9.17) is 0 Å². The van der Waals surface area contributed by atoms with Gasteiger partial charge >= 0.3 is 6.85 Å². The molecule has 0 saturated heterocycles. The largest absolute Gasteiger partial charge is 0.375 e. The zero-order chi connectivity index (χ0) is 51.6. The molecule has 0 bridgehead atoms. The second-order valence-electron chi connectivity index (χ2n) is 22.5. The average Bonchev–Trinajstić information content (AvgIpc) is 3.91. The zero-order valence-electron chi connectivity index (χ0n) is 44.8. The van der Waals surface area contributed by atoms with Crippen LogP contribution in [0.3, 0.4) is 0 Å². The summed E-state index contributed by atoms with van der Waals surface area (Å²) in [4.78, 5) is 0. The van der Waals surface area contributed by atoms with E-state index in [9.17, 15) is 0 Å². The molecule has 2 aromatic heterocycles. The SMILES string of the molecule is Cc1cc(C)cc(-c2cc3c4c(c2C)-c2cc(-c5ccccc5C)cc5c6cc(-c7ccccc7C)ccc6n(c25)B4c2cc(-c4c(C)cccc4C)cc4c5c6ccccc6c(-c6c(C)cccc6C)cc5n-3c24)c1. The van der Waals surface area contributed by atoms with Gasteiger partial charge in [-0.25, -0.2) is 0 Å². The van der Waals surface area contributed by atoms with Crippen molar-refractivity contribution in [2.45, 2.75) is 62.3 Å². The van der Waals surface area contributed by atoms with Crippen LogP contribution in [-0.4, -0.2) is 15.9 Å². The van der Waals surface area contributed by atoms with Crippen molar-refractivity contribution < 1.29 is 0 Å². The van der Waals surface area contributed by atoms with E-state index >= 15 is 0 Å². The Labute approximate surface area is 445 Å². The minimum atomic E-state index is -0.133. The lowest BCUT2D eigenvalue weighted by Gasteiger charge is -2.36. The van der Waals surface area contributed by atoms with Crippen LogP contribution >= 0.6 is 0 Å². The van der Waals surface area contributed by atoms with Crippen LogP contribution in [0.5, 0.6) is 0 Å². The Bertz CT molecular complexity index is 4680. The molecule has 0 spiro atoms. The monoisotopic (exact) mass is 972 g/mol. The molecule has 2 nitrogen and oxygen atoms in total. The Balaban J connectivity index is 1.19. The molecule has 0 N–H and O–H groups in total. The molecule has 76 heavy (non-hydrogen) atoms. The van der Waals surface area contributed by atoms with Crippen molar-refractivity contribution in [3.63, 3.8) is 0 Å². The second kappa shape index (κ2) is 16.2. The molecule has 11 aromatic carbocycles. The van der Waals surface area contributed by atoms with Gasteiger partial charge in [0.25, 0.3) is 0 Å². The summed E-state index contributed by atoms with van der Waals surface area (Å²) in [5, 5.41) is 7.75. The van der Waals surface area contributed by atoms with E-state index in [2.05, 4.69) is 253 Å². The summed E-state index contributed by atoms with van der Waals surface area (Å²) in [6, 6.07) is 70.3. The molecule has 13 aromatic rings. The standard InChI is InChI=1S/C73H57BN2/c1-40-30-41(2)32-50(31-40)57-38-66-71-69(48(57)9)61-35-51(54-25-13-11-19-43(54)4)34-60-58-33-49(53-24-12-10-18-42(53)3)28-29-64(58)76(72(60)61)74(71)63-37-52(67-44(5)20-16-21-45(67)6)36-62-70-56-27-15-14-26-55(56)59(39-65(70)75(66)73(62)63)68-46(7)22-17-23-47(68)8/h10-39H,1-9H3. The lowest BCUT2D eigenvalue weighted by atomic mass is 9.45. The molecule has 2 aliphatic heterocycles. The number of aryl methyl sites for hydroxylation is 8. The fourth-order valence-corrected chi connectivity index (χ4v) is 14.6. The molecule has 0 atom stereocenters. The summed E-state index contributed by atoms with van der Waals surface area (Å²) < 4.78 is 5.49. The number of rotatable bonds is 5. The third-order valence-corrected chi connectivity index (χ3v) is 17.7. The normalized spacial score (nSPS) is 12.5. The van der Waals surface area contributed by atoms with E-state index in [0.29, 0.717) is 0 Å². The van der Waals surface area contributed by atoms with Crippen molar-refractivity contribution in [1.29, 1.82) is 0 Å². The smallest absolute Gasteiger partial charge is 0.333 e. The molecule has 0 radical (unpaired) electrons. The topological polar surface area (TPSA) is 9.86 Å². The van der Waals surface area contributed by atoms with Gasteiger partial charge in [-0.3, -0.25) is 0 Å². The first-order valence-electron chi connectivity index (χ1n) is 27.1. The van der Waals surface area contributed by atoms with Gasteiger partial charge in [-0.05, 0) is 227 Å². The van der Waals surface area contributed by atoms with Gasteiger partial charge in [-0.15, -0.1) is 0 Å². The predicted octanol–water partition coefficient (Wildman–Crippen LogP) is 18.1. The van der Waals surface area contributed by atoms with Crippen molar-refractivity contribution in [3.05, 3.63) is 232 Å². The van der Waals surface area contributed by atoms with Crippen LogP contribution in [0.15, 0.2) is 182 Å². The van der Waals surface area contributed by atoms with Gasteiger partial charge in [0.15, 0.2) is 0 Å². The van der Waals surface area contributed by atoms with Crippen molar-refractivity contribution in [1.82, 2.24) is 9.05 Å². The number of hydrogen-bond acceptors (Lipinski definition) is 0. The summed E-state index contributed by atoms with van der Waals surface area (Å²) in [6.45, 7) is 20.4. The molecule has 0 fully saturated rings. The van der Waals surface area contributed by atoms with Gasteiger partial charge in [0, 0.05) is 43.8 Å². The highest BCUT2D eigenvalue weighted by molar-refractivity contribution is 6.90. The van der Waals surface area contributed by atoms with Crippen molar-refractivity contribution in [3.8, 4) is 72.4 Å². The quantitative estimate of drug-likeness (QED) is 0.152. The highest BCUT2D eigenvalue weighted by Gasteiger charge is 2.44. The fraction of sp³-hybridized carbons (Fsp3) is 0.123. The van der Waals surface area contributed by atoms with E-state index in [1.165, 1.54) is 188 Å². The average molecular weight is 973 g/mol. The Kier molecular flexibility index (Phi) is 9.53. The minimum Gasteiger partial charge on any atom is -0.375 e. The van der Waals surface area contributed by atoms with Gasteiger partial charge in [-0.1, -0.05) is 151 Å². The van der Waals surface area contributed by atoms with E-state index in [-0.39, 0.29) is 6.85 Å². The first kappa shape index (κ1) is 44.8. The number of benzene rings is 11. The minimum absolute atomic E-state index is 0.133. The van der Waals surface area contributed by atoms with Crippen LogP contribution in [0, 0.1) is 62.3 Å². The van der Waals surface area contributed by atoms with Gasteiger partial charge in [0.1, 0.15) is 0 Å². The Morgan fingerprint density at radius 3 is 1.59 bits per heavy atom. The zero-order valence-corrected chi connectivity index (χ0v) is 44.8. The molecule has 0 saturated carbocycles. The lowest BCUT2D eigenvalue weighted by Crippen LogP contribution is -2.55. The number of nitrogens with zero attached hydrogens (tertiary/aromatic N) is 2. The number of aromatic nitrogens is 2. The third kappa shape index (κ3) is 6.17. The summed E-state index contributed by atoms with van der Waals surface area (Å²) in [5.41, 5.74) is 36.0. The van der Waals surface area contributed by atoms with Gasteiger partial charge in [-0.2, -0.15) is 0 Å². The molecule has 3 heteroatoms. The maximum atomic E-state index is 2.77. The second-order valence-corrected chi connectivity index (χ2v) is 22.5. The first-order chi connectivity index (χ1) is 36.9. The lowest BCUT2D eigenvalue weighted by molar-refractivity contribution is 1.17. The molecule has 15 rings (SSSR count). The van der Waals surface area contributed by atoms with Crippen molar-refractivity contribution in [2.75, 3.05) is 0 Å². The highest BCUT2D eigenvalue weighted by atomic mass is 15.0. The highest BCUT2D eigenvalue weighted by Crippen LogP contribution is 2.51. The van der Waals surface area contributed by atoms with Crippen LogP contribution in [0.1, 0.15) is 50.1 Å². The molecule has 0 aliphatic carbocycles. The molecule has 4 heterocycles. The molecule has 362 valence electrons. The number of hydrogen-bond donors (Lipinski definition) is 0. The molecular weight excluding hydrogens is 916 g/mol. The van der Waals surface area contributed by atoms with Crippen molar-refractivity contribution in [2.24, 2.45) is 0 Å². The molecule has 0 unspecified atom stereocenters. The van der Waals surface area contributed by atoms with Crippen LogP contribution < -0.4 is 10.9 Å². The van der Waals surface area contributed by atoms with Crippen LogP contribution in [0.4, 0.5) is 0 Å². The Morgan fingerprint density at radius 1 is 0.329 bits per heavy atom. The summed E-state index contributed by atoms with van der Waals surface area (Å²) in [5.74, 6) is 0. The summed E-state index contributed by atoms with van der Waals surface area (Å²) in [6.07, 6.45) is 0. The Morgan fingerprint density at radius 2 is 0.908 bits per heavy atom. The van der Waals surface area contributed by atoms with Gasteiger partial charge in [0.05, 0.1) is 11.0 Å². The van der Waals surface area contributed by atoms with E-state index in [1.54, 1.807) is 0 Å². The first-order valence-corrected chi connectivity index (χ1v) is 27.1. The maximum absolute atomic E-state index is 2.77. The predicted molar refractivity (Wildman–Crippen MR) is 327 cm³/mol. The van der Waals surface area contributed by atoms with Crippen LogP contribution in [0.2, 0.25) is 0 Å². The van der Waals surface area contributed by atoms with Gasteiger partial charge < -0.3 is 9.05 Å². The Hall–Kier alpha value is -8.66. The van der Waals surface area contributed by atoms with Crippen LogP contribution in [0.25, 0.3) is 127 Å². The number of fused-ring (bicyclic) bond motifs is 12. The summed E-state index contributed by atoms with van der Waals surface area (Å²) >= 11 is 0. The maximum Gasteiger partial charge on any atom is 0.333 e. The summed E-state index contributed by atoms with van der Waals surface area (Å²) in [7, 11) is 0. The van der Waals surface area contributed by atoms with E-state index in [1.807, 2.05) is 0 Å².